The minimum absolute atomic E-state index is 0.116. The lowest BCUT2D eigenvalue weighted by atomic mass is 10.1. The SMILES string of the molecule is CC(=O)c1cccc(NC(=O)C(OC(=O)c2cncc(Br)c2)c2ccccc2)c1. The molecule has 146 valence electrons. The van der Waals surface area contributed by atoms with E-state index in [2.05, 4.69) is 26.2 Å². The van der Waals surface area contributed by atoms with E-state index in [4.69, 9.17) is 4.74 Å². The lowest BCUT2D eigenvalue weighted by Crippen LogP contribution is -2.26. The third-order valence-corrected chi connectivity index (χ3v) is 4.48. The second-order valence-corrected chi connectivity index (χ2v) is 7.13. The van der Waals surface area contributed by atoms with Crippen molar-refractivity contribution in [2.45, 2.75) is 13.0 Å². The number of hydrogen-bond acceptors (Lipinski definition) is 5. The number of nitrogens with zero attached hydrogens (tertiary/aromatic N) is 1. The van der Waals surface area contributed by atoms with E-state index in [0.717, 1.165) is 0 Å². The number of Topliss-reactive ketones (excluding diaryl/α,β-unsaturated/α-hetero) is 1. The molecule has 1 atom stereocenters. The molecule has 2 aromatic carbocycles. The van der Waals surface area contributed by atoms with Crippen LogP contribution in [-0.2, 0) is 9.53 Å². The predicted molar refractivity (Wildman–Crippen MR) is 112 cm³/mol. The number of halogens is 1. The van der Waals surface area contributed by atoms with Gasteiger partial charge in [-0.1, -0.05) is 42.5 Å². The van der Waals surface area contributed by atoms with E-state index in [1.54, 1.807) is 66.9 Å². The van der Waals surface area contributed by atoms with Gasteiger partial charge in [0.25, 0.3) is 5.91 Å². The Morgan fingerprint density at radius 3 is 2.41 bits per heavy atom. The van der Waals surface area contributed by atoms with Gasteiger partial charge in [0.15, 0.2) is 5.78 Å². The molecule has 0 aliphatic rings. The number of ether oxygens (including phenoxy) is 1. The maximum Gasteiger partial charge on any atom is 0.340 e. The van der Waals surface area contributed by atoms with E-state index in [0.29, 0.717) is 21.3 Å². The fourth-order valence-electron chi connectivity index (χ4n) is 2.62. The summed E-state index contributed by atoms with van der Waals surface area (Å²) >= 11 is 3.26. The zero-order chi connectivity index (χ0) is 20.8. The first-order chi connectivity index (χ1) is 13.9. The van der Waals surface area contributed by atoms with Crippen LogP contribution in [0.1, 0.15) is 39.3 Å². The maximum atomic E-state index is 12.9. The maximum absolute atomic E-state index is 12.9. The highest BCUT2D eigenvalue weighted by Gasteiger charge is 2.26. The zero-order valence-corrected chi connectivity index (χ0v) is 17.0. The fourth-order valence-corrected chi connectivity index (χ4v) is 2.99. The Labute approximate surface area is 176 Å². The second kappa shape index (κ2) is 9.25. The summed E-state index contributed by atoms with van der Waals surface area (Å²) in [6.45, 7) is 1.45. The Balaban J connectivity index is 1.85. The summed E-state index contributed by atoms with van der Waals surface area (Å²) in [5.74, 6) is -1.33. The van der Waals surface area contributed by atoms with Crippen molar-refractivity contribution in [3.05, 3.63) is 94.2 Å². The Morgan fingerprint density at radius 2 is 1.72 bits per heavy atom. The van der Waals surface area contributed by atoms with E-state index < -0.39 is 18.0 Å². The van der Waals surface area contributed by atoms with Crippen molar-refractivity contribution in [3.63, 3.8) is 0 Å². The summed E-state index contributed by atoms with van der Waals surface area (Å²) in [7, 11) is 0. The normalized spacial score (nSPS) is 11.4. The van der Waals surface area contributed by atoms with Gasteiger partial charge in [-0.2, -0.15) is 0 Å². The first kappa shape index (κ1) is 20.4. The van der Waals surface area contributed by atoms with Crippen LogP contribution in [0.2, 0.25) is 0 Å². The summed E-state index contributed by atoms with van der Waals surface area (Å²) in [5.41, 5.74) is 1.63. The molecule has 3 rings (SSSR count). The number of aromatic nitrogens is 1. The fraction of sp³-hybridized carbons (Fsp3) is 0.0909. The number of pyridine rings is 1. The smallest absolute Gasteiger partial charge is 0.340 e. The van der Waals surface area contributed by atoms with Crippen molar-refractivity contribution >= 4 is 39.3 Å². The minimum Gasteiger partial charge on any atom is -0.444 e. The Bertz CT molecular complexity index is 1050. The summed E-state index contributed by atoms with van der Waals surface area (Å²) in [6, 6.07) is 16.8. The molecule has 3 aromatic rings. The van der Waals surface area contributed by atoms with Crippen LogP contribution >= 0.6 is 15.9 Å². The van der Waals surface area contributed by atoms with Gasteiger partial charge in [-0.3, -0.25) is 14.6 Å². The van der Waals surface area contributed by atoms with Gasteiger partial charge in [0, 0.05) is 33.7 Å². The van der Waals surface area contributed by atoms with Crippen molar-refractivity contribution in [2.24, 2.45) is 0 Å². The molecule has 0 radical (unpaired) electrons. The molecule has 1 amide bonds. The highest BCUT2D eigenvalue weighted by molar-refractivity contribution is 9.10. The molecule has 0 aliphatic heterocycles. The number of esters is 1. The van der Waals surface area contributed by atoms with Gasteiger partial charge in [-0.15, -0.1) is 0 Å². The molecular weight excluding hydrogens is 436 g/mol. The van der Waals surface area contributed by atoms with Gasteiger partial charge in [0.05, 0.1) is 5.56 Å². The molecule has 0 saturated carbocycles. The Hall–Kier alpha value is -3.32. The highest BCUT2D eigenvalue weighted by atomic mass is 79.9. The van der Waals surface area contributed by atoms with Crippen LogP contribution < -0.4 is 5.32 Å². The number of amides is 1. The minimum atomic E-state index is -1.18. The Kier molecular flexibility index (Phi) is 6.51. The van der Waals surface area contributed by atoms with Gasteiger partial charge >= 0.3 is 5.97 Å². The van der Waals surface area contributed by atoms with Gasteiger partial charge in [-0.25, -0.2) is 4.79 Å². The van der Waals surface area contributed by atoms with Crippen LogP contribution in [0, 0.1) is 0 Å². The van der Waals surface area contributed by atoms with Crippen LogP contribution in [0.3, 0.4) is 0 Å². The van der Waals surface area contributed by atoms with Crippen LogP contribution in [-0.4, -0.2) is 22.6 Å². The predicted octanol–water partition coefficient (Wildman–Crippen LogP) is 4.58. The number of carbonyl (C=O) groups is 3. The molecule has 0 aliphatic carbocycles. The first-order valence-electron chi connectivity index (χ1n) is 8.72. The van der Waals surface area contributed by atoms with E-state index in [1.165, 1.54) is 13.1 Å². The second-order valence-electron chi connectivity index (χ2n) is 6.21. The van der Waals surface area contributed by atoms with Gasteiger partial charge in [0.1, 0.15) is 0 Å². The average Bonchev–Trinajstić information content (AvgIpc) is 2.72. The molecule has 0 spiro atoms. The van der Waals surface area contributed by atoms with Gasteiger partial charge < -0.3 is 10.1 Å². The van der Waals surface area contributed by atoms with Crippen LogP contribution in [0.4, 0.5) is 5.69 Å². The van der Waals surface area contributed by atoms with Gasteiger partial charge in [-0.05, 0) is 41.1 Å². The standard InChI is InChI=1S/C22H17BrN2O4/c1-14(26)16-8-5-9-19(11-16)25-21(27)20(15-6-3-2-4-7-15)29-22(28)17-10-18(23)13-24-12-17/h2-13,20H,1H3,(H,25,27). The molecule has 1 heterocycles. The molecular formula is C22H17BrN2O4. The highest BCUT2D eigenvalue weighted by Crippen LogP contribution is 2.23. The molecule has 1 unspecified atom stereocenters. The van der Waals surface area contributed by atoms with Crippen molar-refractivity contribution in [3.8, 4) is 0 Å². The summed E-state index contributed by atoms with van der Waals surface area (Å²) in [4.78, 5) is 41.0. The molecule has 7 heteroatoms. The topological polar surface area (TPSA) is 85.4 Å². The largest absolute Gasteiger partial charge is 0.444 e. The number of rotatable bonds is 6. The van der Waals surface area contributed by atoms with Crippen LogP contribution in [0.25, 0.3) is 0 Å². The third kappa shape index (κ3) is 5.36. The lowest BCUT2D eigenvalue weighted by Gasteiger charge is -2.18. The third-order valence-electron chi connectivity index (χ3n) is 4.04. The van der Waals surface area contributed by atoms with E-state index in [9.17, 15) is 14.4 Å². The number of hydrogen-bond donors (Lipinski definition) is 1. The summed E-state index contributed by atoms with van der Waals surface area (Å²) in [5, 5.41) is 2.71. The number of benzene rings is 2. The number of nitrogens with one attached hydrogen (secondary N) is 1. The molecule has 1 N–H and O–H groups in total. The monoisotopic (exact) mass is 452 g/mol. The number of carbonyl (C=O) groups excluding carboxylic acids is 3. The first-order valence-corrected chi connectivity index (χ1v) is 9.51. The van der Waals surface area contributed by atoms with E-state index in [-0.39, 0.29) is 11.3 Å². The molecule has 6 nitrogen and oxygen atoms in total. The Morgan fingerprint density at radius 1 is 0.966 bits per heavy atom. The van der Waals surface area contributed by atoms with Crippen LogP contribution in [0.15, 0.2) is 77.5 Å². The van der Waals surface area contributed by atoms with Crippen molar-refractivity contribution in [2.75, 3.05) is 5.32 Å². The molecule has 0 fully saturated rings. The number of ketones is 1. The van der Waals surface area contributed by atoms with E-state index >= 15 is 0 Å². The zero-order valence-electron chi connectivity index (χ0n) is 15.5. The number of anilines is 1. The van der Waals surface area contributed by atoms with Crippen molar-refractivity contribution < 1.29 is 19.1 Å². The summed E-state index contributed by atoms with van der Waals surface area (Å²) in [6.07, 6.45) is 1.73. The van der Waals surface area contributed by atoms with Crippen molar-refractivity contribution in [1.29, 1.82) is 0 Å². The quantitative estimate of drug-likeness (QED) is 0.436. The lowest BCUT2D eigenvalue weighted by molar-refractivity contribution is -0.125. The van der Waals surface area contributed by atoms with E-state index in [1.807, 2.05) is 0 Å². The van der Waals surface area contributed by atoms with Crippen LogP contribution in [0.5, 0.6) is 0 Å². The molecule has 0 bridgehead atoms. The molecule has 29 heavy (non-hydrogen) atoms. The molecule has 0 saturated heterocycles. The average molecular weight is 453 g/mol. The van der Waals surface area contributed by atoms with Crippen molar-refractivity contribution in [1.82, 2.24) is 4.98 Å². The molecule has 1 aromatic heterocycles. The van der Waals surface area contributed by atoms with Gasteiger partial charge in [0.2, 0.25) is 6.10 Å². The summed E-state index contributed by atoms with van der Waals surface area (Å²) < 4.78 is 6.13.